The Kier molecular flexibility index (Phi) is 4.99. The lowest BCUT2D eigenvalue weighted by Gasteiger charge is -2.25. The van der Waals surface area contributed by atoms with Crippen molar-refractivity contribution in [1.82, 2.24) is 4.90 Å². The first-order valence-corrected chi connectivity index (χ1v) is 10.4. The molecule has 0 bridgehead atoms. The summed E-state index contributed by atoms with van der Waals surface area (Å²) >= 11 is 12.3. The number of benzene rings is 3. The highest BCUT2D eigenvalue weighted by molar-refractivity contribution is 6.42. The van der Waals surface area contributed by atoms with Gasteiger partial charge in [0.05, 0.1) is 27.0 Å². The average Bonchev–Trinajstić information content (AvgIpc) is 3.04. The second kappa shape index (κ2) is 7.73. The van der Waals surface area contributed by atoms with Crippen molar-refractivity contribution < 1.29 is 18.0 Å². The van der Waals surface area contributed by atoms with Crippen LogP contribution in [0, 0.1) is 11.6 Å². The van der Waals surface area contributed by atoms with Crippen molar-refractivity contribution in [2.24, 2.45) is 0 Å². The molecule has 5 rings (SSSR count). The molecule has 32 heavy (non-hydrogen) atoms. The molecule has 0 saturated heterocycles. The van der Waals surface area contributed by atoms with Crippen molar-refractivity contribution in [3.63, 3.8) is 0 Å². The van der Waals surface area contributed by atoms with E-state index in [2.05, 4.69) is 0 Å². The Morgan fingerprint density at radius 3 is 2.31 bits per heavy atom. The second-order valence-electron chi connectivity index (χ2n) is 7.45. The molecule has 4 aromatic rings. The van der Waals surface area contributed by atoms with E-state index in [-0.39, 0.29) is 33.9 Å². The molecule has 0 N–H and O–H groups in total. The fraction of sp³-hybridized carbons (Fsp3) is 0.0833. The number of carbonyl (C=O) groups excluding carboxylic acids is 1. The van der Waals surface area contributed by atoms with Gasteiger partial charge in [-0.25, -0.2) is 8.78 Å². The zero-order valence-corrected chi connectivity index (χ0v) is 17.8. The molecule has 4 nitrogen and oxygen atoms in total. The SMILES string of the molecule is O=C1c2oc3ccc(F)cc3c(=O)c2C(c2ccc(Cl)c(Cl)c2)N1Cc1ccc(F)cc1. The maximum atomic E-state index is 13.8. The Morgan fingerprint density at radius 1 is 0.875 bits per heavy atom. The molecule has 1 atom stereocenters. The van der Waals surface area contributed by atoms with Crippen molar-refractivity contribution in [2.75, 3.05) is 0 Å². The van der Waals surface area contributed by atoms with Crippen molar-refractivity contribution in [3.8, 4) is 0 Å². The number of nitrogens with zero attached hydrogens (tertiary/aromatic N) is 1. The van der Waals surface area contributed by atoms with Crippen LogP contribution in [0.25, 0.3) is 11.0 Å². The van der Waals surface area contributed by atoms with E-state index in [1.165, 1.54) is 23.1 Å². The molecule has 160 valence electrons. The molecule has 1 aliphatic heterocycles. The van der Waals surface area contributed by atoms with Crippen LogP contribution in [-0.2, 0) is 6.54 Å². The number of halogens is 4. The molecule has 1 aliphatic rings. The highest BCUT2D eigenvalue weighted by Crippen LogP contribution is 2.40. The zero-order chi connectivity index (χ0) is 22.6. The third kappa shape index (κ3) is 3.36. The zero-order valence-electron chi connectivity index (χ0n) is 16.2. The van der Waals surface area contributed by atoms with E-state index in [1.807, 2.05) is 0 Å². The van der Waals surface area contributed by atoms with Gasteiger partial charge in [-0.2, -0.15) is 0 Å². The fourth-order valence-corrected chi connectivity index (χ4v) is 4.28. The first-order chi connectivity index (χ1) is 15.3. The lowest BCUT2D eigenvalue weighted by molar-refractivity contribution is 0.0714. The first kappa shape index (κ1) is 20.7. The lowest BCUT2D eigenvalue weighted by atomic mass is 9.98. The highest BCUT2D eigenvalue weighted by Gasteiger charge is 2.42. The summed E-state index contributed by atoms with van der Waals surface area (Å²) in [6.07, 6.45) is 0. The Balaban J connectivity index is 1.73. The smallest absolute Gasteiger partial charge is 0.291 e. The number of fused-ring (bicyclic) bond motifs is 2. The second-order valence-corrected chi connectivity index (χ2v) is 8.26. The van der Waals surface area contributed by atoms with Gasteiger partial charge in [-0.15, -0.1) is 0 Å². The summed E-state index contributed by atoms with van der Waals surface area (Å²) in [7, 11) is 0. The van der Waals surface area contributed by atoms with E-state index in [0.29, 0.717) is 16.1 Å². The Bertz CT molecular complexity index is 1450. The van der Waals surface area contributed by atoms with Gasteiger partial charge >= 0.3 is 0 Å². The molecule has 0 fully saturated rings. The van der Waals surface area contributed by atoms with Crippen LogP contribution in [0.5, 0.6) is 0 Å². The summed E-state index contributed by atoms with van der Waals surface area (Å²) in [5, 5.41) is 0.603. The number of amides is 1. The molecule has 0 aliphatic carbocycles. The van der Waals surface area contributed by atoms with Gasteiger partial charge in [-0.3, -0.25) is 9.59 Å². The van der Waals surface area contributed by atoms with Crippen molar-refractivity contribution in [3.05, 3.63) is 115 Å². The molecule has 1 aromatic heterocycles. The average molecular weight is 472 g/mol. The van der Waals surface area contributed by atoms with Gasteiger partial charge in [0.25, 0.3) is 5.91 Å². The molecule has 1 unspecified atom stereocenters. The standard InChI is InChI=1S/C24H13Cl2F2NO3/c25-17-7-3-13(9-18(17)26)21-20-22(30)16-10-15(28)6-8-19(16)32-23(20)24(31)29(21)11-12-1-4-14(27)5-2-12/h1-10,21H,11H2. The molecule has 0 saturated carbocycles. The predicted molar refractivity (Wildman–Crippen MR) is 117 cm³/mol. The van der Waals surface area contributed by atoms with Gasteiger partial charge in [0.1, 0.15) is 17.2 Å². The van der Waals surface area contributed by atoms with E-state index >= 15 is 0 Å². The minimum atomic E-state index is -0.846. The fourth-order valence-electron chi connectivity index (χ4n) is 3.97. The third-order valence-electron chi connectivity index (χ3n) is 5.45. The molecule has 1 amide bonds. The van der Waals surface area contributed by atoms with Crippen LogP contribution >= 0.6 is 23.2 Å². The molecular formula is C24H13Cl2F2NO3. The minimum Gasteiger partial charge on any atom is -0.450 e. The first-order valence-electron chi connectivity index (χ1n) is 9.60. The Morgan fingerprint density at radius 2 is 1.59 bits per heavy atom. The third-order valence-corrected chi connectivity index (χ3v) is 6.19. The molecule has 0 radical (unpaired) electrons. The summed E-state index contributed by atoms with van der Waals surface area (Å²) in [5.74, 6) is -1.63. The van der Waals surface area contributed by atoms with Crippen LogP contribution in [0.4, 0.5) is 8.78 Å². The van der Waals surface area contributed by atoms with Crippen LogP contribution in [0.3, 0.4) is 0 Å². The van der Waals surface area contributed by atoms with Crippen LogP contribution in [0.15, 0.2) is 69.9 Å². The normalized spacial score (nSPS) is 15.4. The Hall–Kier alpha value is -3.22. The molecular weight excluding hydrogens is 459 g/mol. The summed E-state index contributed by atoms with van der Waals surface area (Å²) in [6.45, 7) is 0.0817. The van der Waals surface area contributed by atoms with Crippen molar-refractivity contribution in [2.45, 2.75) is 12.6 Å². The minimum absolute atomic E-state index is 0.0326. The van der Waals surface area contributed by atoms with Crippen LogP contribution in [-0.4, -0.2) is 10.8 Å². The quantitative estimate of drug-likeness (QED) is 0.361. The van der Waals surface area contributed by atoms with E-state index < -0.39 is 29.0 Å². The summed E-state index contributed by atoms with van der Waals surface area (Å²) < 4.78 is 33.0. The van der Waals surface area contributed by atoms with E-state index in [1.54, 1.807) is 30.3 Å². The van der Waals surface area contributed by atoms with Crippen LogP contribution in [0.2, 0.25) is 10.0 Å². The van der Waals surface area contributed by atoms with Crippen molar-refractivity contribution in [1.29, 1.82) is 0 Å². The van der Waals surface area contributed by atoms with Crippen LogP contribution < -0.4 is 5.43 Å². The molecule has 8 heteroatoms. The highest BCUT2D eigenvalue weighted by atomic mass is 35.5. The number of rotatable bonds is 3. The van der Waals surface area contributed by atoms with Gasteiger partial charge in [0.2, 0.25) is 5.76 Å². The largest absolute Gasteiger partial charge is 0.450 e. The van der Waals surface area contributed by atoms with Gasteiger partial charge < -0.3 is 9.32 Å². The lowest BCUT2D eigenvalue weighted by Crippen LogP contribution is -2.29. The molecule has 0 spiro atoms. The van der Waals surface area contributed by atoms with Gasteiger partial charge in [-0.05, 0) is 53.6 Å². The molecule has 3 aromatic carbocycles. The predicted octanol–water partition coefficient (Wildman–Crippen LogP) is 6.12. The maximum absolute atomic E-state index is 13.8. The number of hydrogen-bond acceptors (Lipinski definition) is 3. The van der Waals surface area contributed by atoms with E-state index in [0.717, 1.165) is 12.1 Å². The summed E-state index contributed by atoms with van der Waals surface area (Å²) in [5.41, 5.74) is 0.887. The topological polar surface area (TPSA) is 50.5 Å². The summed E-state index contributed by atoms with van der Waals surface area (Å²) in [4.78, 5) is 28.2. The summed E-state index contributed by atoms with van der Waals surface area (Å²) in [6, 6.07) is 13.2. The monoisotopic (exact) mass is 471 g/mol. The van der Waals surface area contributed by atoms with Crippen LogP contribution in [0.1, 0.15) is 33.3 Å². The van der Waals surface area contributed by atoms with Gasteiger partial charge in [0.15, 0.2) is 5.43 Å². The molecule has 2 heterocycles. The van der Waals surface area contributed by atoms with Crippen molar-refractivity contribution >= 4 is 40.1 Å². The Labute approximate surface area is 190 Å². The maximum Gasteiger partial charge on any atom is 0.291 e. The van der Waals surface area contributed by atoms with Gasteiger partial charge in [-0.1, -0.05) is 41.4 Å². The van der Waals surface area contributed by atoms with E-state index in [4.69, 9.17) is 27.6 Å². The number of carbonyl (C=O) groups is 1. The van der Waals surface area contributed by atoms with Gasteiger partial charge in [0, 0.05) is 6.54 Å². The van der Waals surface area contributed by atoms with E-state index in [9.17, 15) is 18.4 Å². The number of hydrogen-bond donors (Lipinski definition) is 0.